The molecule has 1 aliphatic heterocycles. The smallest absolute Gasteiger partial charge is 0.405 e. The normalized spacial score (nSPS) is 13.7. The molecule has 7 heteroatoms. The zero-order chi connectivity index (χ0) is 20.8. The number of carboxylic acid groups (broad SMARTS) is 1. The Morgan fingerprint density at radius 1 is 1.03 bits per heavy atom. The van der Waals surface area contributed by atoms with Gasteiger partial charge in [0.1, 0.15) is 6.04 Å². The number of hydrogen-bond donors (Lipinski definition) is 4. The van der Waals surface area contributed by atoms with E-state index in [2.05, 4.69) is 11.8 Å². The van der Waals surface area contributed by atoms with Gasteiger partial charge in [-0.25, -0.2) is 4.79 Å². The van der Waals surface area contributed by atoms with E-state index < -0.39 is 24.6 Å². The Bertz CT molecular complexity index is 959. The van der Waals surface area contributed by atoms with E-state index in [4.69, 9.17) is 10.2 Å². The van der Waals surface area contributed by atoms with Crippen LogP contribution in [0.4, 0.5) is 4.79 Å². The van der Waals surface area contributed by atoms with Crippen molar-refractivity contribution in [1.82, 2.24) is 10.2 Å². The molecule has 1 atom stereocenters. The lowest BCUT2D eigenvalue weighted by Crippen LogP contribution is -2.51. The summed E-state index contributed by atoms with van der Waals surface area (Å²) in [5.74, 6) is 5.79. The van der Waals surface area contributed by atoms with Crippen molar-refractivity contribution in [3.8, 4) is 11.8 Å². The minimum Gasteiger partial charge on any atom is -0.465 e. The Balaban J connectivity index is 1.70. The summed E-state index contributed by atoms with van der Waals surface area (Å²) in [5.41, 5.74) is 4.65. The van der Waals surface area contributed by atoms with Crippen LogP contribution in [0.2, 0.25) is 0 Å². The summed E-state index contributed by atoms with van der Waals surface area (Å²) in [6.07, 6.45) is -0.712. The maximum absolute atomic E-state index is 12.4. The fraction of sp³-hybridized carbons (Fsp3) is 0.273. The van der Waals surface area contributed by atoms with Crippen LogP contribution in [0.15, 0.2) is 42.5 Å². The number of aliphatic hydroxyl groups is 2. The maximum atomic E-state index is 12.4. The summed E-state index contributed by atoms with van der Waals surface area (Å²) < 4.78 is 0. The van der Waals surface area contributed by atoms with Gasteiger partial charge in [-0.3, -0.25) is 4.79 Å². The van der Waals surface area contributed by atoms with Crippen molar-refractivity contribution in [3.63, 3.8) is 0 Å². The first-order valence-corrected chi connectivity index (χ1v) is 9.23. The zero-order valence-electron chi connectivity index (χ0n) is 15.8. The summed E-state index contributed by atoms with van der Waals surface area (Å²) in [4.78, 5) is 24.8. The lowest BCUT2D eigenvalue weighted by molar-refractivity contribution is -0.135. The molecule has 0 aromatic heterocycles. The van der Waals surface area contributed by atoms with Crippen molar-refractivity contribution >= 4 is 12.0 Å². The molecule has 2 aromatic carbocycles. The topological polar surface area (TPSA) is 110 Å². The van der Waals surface area contributed by atoms with E-state index in [9.17, 15) is 14.7 Å². The maximum Gasteiger partial charge on any atom is 0.405 e. The number of rotatable bonds is 4. The molecule has 0 bridgehead atoms. The first-order valence-electron chi connectivity index (χ1n) is 9.23. The van der Waals surface area contributed by atoms with E-state index >= 15 is 0 Å². The predicted molar refractivity (Wildman–Crippen MR) is 106 cm³/mol. The number of aliphatic hydroxyl groups excluding tert-OH is 2. The number of benzene rings is 2. The van der Waals surface area contributed by atoms with Crippen LogP contribution in [0, 0.1) is 11.8 Å². The first-order chi connectivity index (χ1) is 14.0. The largest absolute Gasteiger partial charge is 0.465 e. The van der Waals surface area contributed by atoms with E-state index in [1.54, 1.807) is 4.90 Å². The Hall–Kier alpha value is -3.34. The van der Waals surface area contributed by atoms with E-state index in [0.29, 0.717) is 19.5 Å². The third kappa shape index (κ3) is 5.13. The van der Waals surface area contributed by atoms with Gasteiger partial charge < -0.3 is 25.5 Å². The highest BCUT2D eigenvalue weighted by Crippen LogP contribution is 2.21. The van der Waals surface area contributed by atoms with E-state index in [1.807, 2.05) is 47.8 Å². The Morgan fingerprint density at radius 2 is 1.72 bits per heavy atom. The van der Waals surface area contributed by atoms with Gasteiger partial charge >= 0.3 is 6.09 Å². The van der Waals surface area contributed by atoms with Gasteiger partial charge in [0.2, 0.25) is 5.91 Å². The zero-order valence-corrected chi connectivity index (χ0v) is 15.8. The number of amides is 2. The second-order valence-corrected chi connectivity index (χ2v) is 6.78. The molecule has 4 N–H and O–H groups in total. The van der Waals surface area contributed by atoms with Crippen LogP contribution in [0.5, 0.6) is 0 Å². The van der Waals surface area contributed by atoms with Gasteiger partial charge in [-0.2, -0.15) is 0 Å². The van der Waals surface area contributed by atoms with Gasteiger partial charge in [-0.1, -0.05) is 30.0 Å². The van der Waals surface area contributed by atoms with Crippen LogP contribution in [0.3, 0.4) is 0 Å². The van der Waals surface area contributed by atoms with E-state index in [1.165, 1.54) is 0 Å². The van der Waals surface area contributed by atoms with Crippen molar-refractivity contribution in [2.75, 3.05) is 13.2 Å². The molecule has 0 saturated carbocycles. The van der Waals surface area contributed by atoms with Gasteiger partial charge in [0.15, 0.2) is 0 Å². The van der Waals surface area contributed by atoms with Gasteiger partial charge in [0, 0.05) is 24.2 Å². The number of carbonyl (C=O) groups is 2. The minimum atomic E-state index is -1.34. The summed E-state index contributed by atoms with van der Waals surface area (Å²) in [6, 6.07) is 12.1. The van der Waals surface area contributed by atoms with Crippen LogP contribution in [-0.4, -0.2) is 51.4 Å². The molecule has 2 amide bonds. The molecule has 1 unspecified atom stereocenters. The van der Waals surface area contributed by atoms with Crippen LogP contribution in [0.25, 0.3) is 0 Å². The number of hydrogen-bond acceptors (Lipinski definition) is 4. The average molecular weight is 394 g/mol. The quantitative estimate of drug-likeness (QED) is 0.581. The Labute approximate surface area is 168 Å². The molecule has 0 spiro atoms. The molecular formula is C22H22N2O5. The van der Waals surface area contributed by atoms with Gasteiger partial charge in [-0.05, 0) is 47.4 Å². The molecular weight excluding hydrogens is 372 g/mol. The highest BCUT2D eigenvalue weighted by molar-refractivity contribution is 5.85. The van der Waals surface area contributed by atoms with Gasteiger partial charge in [0.25, 0.3) is 0 Å². The lowest BCUT2D eigenvalue weighted by Gasteiger charge is -2.31. The summed E-state index contributed by atoms with van der Waals surface area (Å²) >= 11 is 0. The minimum absolute atomic E-state index is 0.00344. The van der Waals surface area contributed by atoms with Crippen LogP contribution in [-0.2, 0) is 24.4 Å². The molecule has 0 radical (unpaired) electrons. The van der Waals surface area contributed by atoms with E-state index in [0.717, 1.165) is 27.8 Å². The highest BCUT2D eigenvalue weighted by Gasteiger charge is 2.28. The second-order valence-electron chi connectivity index (χ2n) is 6.78. The van der Waals surface area contributed by atoms with Gasteiger partial charge in [-0.15, -0.1) is 0 Å². The Morgan fingerprint density at radius 3 is 2.38 bits per heavy atom. The SMILES string of the molecule is O=C(O)NC(CO)C(=O)N1CCc2cc(C#Cc3ccc(CO)cc3)ccc2C1. The standard InChI is InChI=1S/C22H22N2O5/c25-13-17-5-2-15(3-6-17)1-4-16-7-8-19-12-24(10-9-18(19)11-16)21(27)20(14-26)23-22(28)29/h2-3,5-8,11,20,23,25-26H,9-10,12-14H2,(H,28,29). The highest BCUT2D eigenvalue weighted by atomic mass is 16.4. The molecule has 0 saturated heterocycles. The third-order valence-corrected chi connectivity index (χ3v) is 4.80. The molecule has 150 valence electrons. The molecule has 0 aliphatic carbocycles. The number of nitrogens with one attached hydrogen (secondary N) is 1. The third-order valence-electron chi connectivity index (χ3n) is 4.80. The van der Waals surface area contributed by atoms with Crippen molar-refractivity contribution in [3.05, 3.63) is 70.3 Å². The fourth-order valence-corrected chi connectivity index (χ4v) is 3.21. The van der Waals surface area contributed by atoms with Gasteiger partial charge in [0.05, 0.1) is 13.2 Å². The lowest BCUT2D eigenvalue weighted by atomic mass is 9.96. The molecule has 1 heterocycles. The monoisotopic (exact) mass is 394 g/mol. The summed E-state index contributed by atoms with van der Waals surface area (Å²) in [6.45, 7) is 0.233. The predicted octanol–water partition coefficient (Wildman–Crippen LogP) is 1.09. The van der Waals surface area contributed by atoms with Crippen molar-refractivity contribution in [1.29, 1.82) is 0 Å². The fourth-order valence-electron chi connectivity index (χ4n) is 3.21. The molecule has 7 nitrogen and oxygen atoms in total. The number of nitrogens with zero attached hydrogens (tertiary/aromatic N) is 1. The molecule has 0 fully saturated rings. The Kier molecular flexibility index (Phi) is 6.50. The average Bonchev–Trinajstić information content (AvgIpc) is 2.75. The van der Waals surface area contributed by atoms with Crippen LogP contribution < -0.4 is 5.32 Å². The second kappa shape index (κ2) is 9.24. The summed E-state index contributed by atoms with van der Waals surface area (Å²) in [5, 5.41) is 29.2. The van der Waals surface area contributed by atoms with Crippen molar-refractivity contribution in [2.24, 2.45) is 0 Å². The number of carbonyl (C=O) groups excluding carboxylic acids is 1. The molecule has 2 aromatic rings. The molecule has 29 heavy (non-hydrogen) atoms. The van der Waals surface area contributed by atoms with Crippen molar-refractivity contribution < 1.29 is 24.9 Å². The molecule has 1 aliphatic rings. The van der Waals surface area contributed by atoms with Crippen molar-refractivity contribution in [2.45, 2.75) is 25.6 Å². The summed E-state index contributed by atoms with van der Waals surface area (Å²) in [7, 11) is 0. The first kappa shape index (κ1) is 20.4. The van der Waals surface area contributed by atoms with Crippen LogP contribution in [0.1, 0.15) is 27.8 Å². The van der Waals surface area contributed by atoms with E-state index in [-0.39, 0.29) is 6.61 Å². The van der Waals surface area contributed by atoms with Crippen LogP contribution >= 0.6 is 0 Å². The molecule has 3 rings (SSSR count). The number of fused-ring (bicyclic) bond motifs is 1.